The van der Waals surface area contributed by atoms with Crippen LogP contribution in [-0.4, -0.2) is 11.6 Å². The minimum absolute atomic E-state index is 0.294. The Morgan fingerprint density at radius 3 is 2.08 bits per heavy atom. The Balaban J connectivity index is 1.59. The van der Waals surface area contributed by atoms with Gasteiger partial charge in [0.1, 0.15) is 11.6 Å². The van der Waals surface area contributed by atoms with Crippen LogP contribution in [0.4, 0.5) is 0 Å². The van der Waals surface area contributed by atoms with E-state index >= 15 is 0 Å². The number of rotatable bonds is 11. The van der Waals surface area contributed by atoms with Crippen molar-refractivity contribution in [2.45, 2.75) is 122 Å². The van der Waals surface area contributed by atoms with E-state index in [1.807, 2.05) is 0 Å². The van der Waals surface area contributed by atoms with E-state index in [1.165, 1.54) is 70.6 Å². The summed E-state index contributed by atoms with van der Waals surface area (Å²) in [5.41, 5.74) is 0. The first-order valence-electron chi connectivity index (χ1n) is 11.7. The summed E-state index contributed by atoms with van der Waals surface area (Å²) >= 11 is 0. The molecular formula is C24H42O2. The Labute approximate surface area is 161 Å². The molecule has 2 aliphatic carbocycles. The first kappa shape index (κ1) is 21.6. The average Bonchev–Trinajstić information content (AvgIpc) is 2.62. The minimum atomic E-state index is 0.294. The van der Waals surface area contributed by atoms with Crippen molar-refractivity contribution in [1.29, 1.82) is 0 Å². The molecule has 3 unspecified atom stereocenters. The van der Waals surface area contributed by atoms with Gasteiger partial charge in [0.05, 0.1) is 0 Å². The van der Waals surface area contributed by atoms with Gasteiger partial charge in [-0.25, -0.2) is 0 Å². The van der Waals surface area contributed by atoms with Gasteiger partial charge in [-0.3, -0.25) is 9.59 Å². The minimum Gasteiger partial charge on any atom is -0.300 e. The van der Waals surface area contributed by atoms with Crippen molar-refractivity contribution in [3.63, 3.8) is 0 Å². The lowest BCUT2D eigenvalue weighted by molar-refractivity contribution is -0.124. The van der Waals surface area contributed by atoms with Crippen molar-refractivity contribution in [2.24, 2.45) is 17.8 Å². The maximum atomic E-state index is 12.6. The Morgan fingerprint density at radius 2 is 1.31 bits per heavy atom. The van der Waals surface area contributed by atoms with Gasteiger partial charge in [0.15, 0.2) is 0 Å². The molecule has 2 nitrogen and oxygen atoms in total. The summed E-state index contributed by atoms with van der Waals surface area (Å²) in [5.74, 6) is 2.97. The zero-order valence-corrected chi connectivity index (χ0v) is 17.3. The molecule has 0 aromatic heterocycles. The summed E-state index contributed by atoms with van der Waals surface area (Å²) < 4.78 is 0. The molecule has 0 aromatic rings. The zero-order valence-electron chi connectivity index (χ0n) is 17.3. The maximum absolute atomic E-state index is 12.6. The number of Topliss-reactive ketones (excluding diaryl/α,β-unsaturated/α-hetero) is 2. The van der Waals surface area contributed by atoms with E-state index in [2.05, 4.69) is 6.92 Å². The van der Waals surface area contributed by atoms with Gasteiger partial charge in [-0.1, -0.05) is 71.1 Å². The molecule has 0 amide bonds. The first-order valence-corrected chi connectivity index (χ1v) is 11.7. The average molecular weight is 363 g/mol. The van der Waals surface area contributed by atoms with Gasteiger partial charge < -0.3 is 0 Å². The predicted molar refractivity (Wildman–Crippen MR) is 109 cm³/mol. The predicted octanol–water partition coefficient (Wildman–Crippen LogP) is 7.04. The molecule has 0 radical (unpaired) electrons. The van der Waals surface area contributed by atoms with Gasteiger partial charge in [-0.15, -0.1) is 0 Å². The molecule has 2 fully saturated rings. The fourth-order valence-electron chi connectivity index (χ4n) is 5.27. The molecule has 0 spiro atoms. The van der Waals surface area contributed by atoms with Crippen LogP contribution in [0.1, 0.15) is 122 Å². The second-order valence-electron chi connectivity index (χ2n) is 9.03. The van der Waals surface area contributed by atoms with Crippen molar-refractivity contribution >= 4 is 11.6 Å². The summed E-state index contributed by atoms with van der Waals surface area (Å²) in [5, 5.41) is 0. The van der Waals surface area contributed by atoms with E-state index in [1.54, 1.807) is 0 Å². The van der Waals surface area contributed by atoms with E-state index < -0.39 is 0 Å². The Bertz CT molecular complexity index is 414. The molecule has 0 saturated heterocycles. The molecule has 3 atom stereocenters. The molecule has 2 rings (SSSR count). The molecule has 0 N–H and O–H groups in total. The molecule has 0 heterocycles. The number of carbonyl (C=O) groups excluding carboxylic acids is 2. The van der Waals surface area contributed by atoms with E-state index in [0.717, 1.165) is 43.9 Å². The van der Waals surface area contributed by atoms with Crippen LogP contribution in [0.5, 0.6) is 0 Å². The van der Waals surface area contributed by atoms with Crippen LogP contribution in [0.25, 0.3) is 0 Å². The molecular weight excluding hydrogens is 320 g/mol. The molecule has 0 aliphatic heterocycles. The molecule has 0 bridgehead atoms. The van der Waals surface area contributed by atoms with Crippen molar-refractivity contribution in [3.05, 3.63) is 0 Å². The Kier molecular flexibility index (Phi) is 10.6. The third-order valence-corrected chi connectivity index (χ3v) is 6.97. The lowest BCUT2D eigenvalue weighted by atomic mass is 9.71. The first-order chi connectivity index (χ1) is 12.7. The van der Waals surface area contributed by atoms with Gasteiger partial charge in [-0.05, 0) is 43.9 Å². The van der Waals surface area contributed by atoms with Gasteiger partial charge >= 0.3 is 0 Å². The Hall–Kier alpha value is -0.660. The third kappa shape index (κ3) is 7.92. The number of fused-ring (bicyclic) bond motifs is 1. The highest BCUT2D eigenvalue weighted by Gasteiger charge is 2.29. The second-order valence-corrected chi connectivity index (χ2v) is 9.03. The van der Waals surface area contributed by atoms with Gasteiger partial charge in [0, 0.05) is 25.2 Å². The molecule has 2 heteroatoms. The zero-order chi connectivity index (χ0) is 18.6. The van der Waals surface area contributed by atoms with Crippen LogP contribution in [0, 0.1) is 17.8 Å². The van der Waals surface area contributed by atoms with E-state index in [9.17, 15) is 9.59 Å². The molecule has 2 saturated carbocycles. The van der Waals surface area contributed by atoms with Gasteiger partial charge in [0.25, 0.3) is 0 Å². The summed E-state index contributed by atoms with van der Waals surface area (Å²) in [7, 11) is 0. The van der Waals surface area contributed by atoms with Crippen molar-refractivity contribution in [2.75, 3.05) is 0 Å². The molecule has 26 heavy (non-hydrogen) atoms. The summed E-state index contributed by atoms with van der Waals surface area (Å²) in [6.07, 6.45) is 20.5. The highest BCUT2D eigenvalue weighted by molar-refractivity contribution is 5.82. The van der Waals surface area contributed by atoms with Crippen molar-refractivity contribution in [1.82, 2.24) is 0 Å². The SMILES string of the molecule is CCCCCCCC(=O)CCCC(=O)C1CCCC2CCCCC2CC1. The van der Waals surface area contributed by atoms with Crippen LogP contribution in [0.3, 0.4) is 0 Å². The van der Waals surface area contributed by atoms with Gasteiger partial charge in [0.2, 0.25) is 0 Å². The number of carbonyl (C=O) groups is 2. The van der Waals surface area contributed by atoms with E-state index in [4.69, 9.17) is 0 Å². The second kappa shape index (κ2) is 12.7. The maximum Gasteiger partial charge on any atom is 0.135 e. The summed E-state index contributed by atoms with van der Waals surface area (Å²) in [6, 6.07) is 0. The Morgan fingerprint density at radius 1 is 0.654 bits per heavy atom. The van der Waals surface area contributed by atoms with Gasteiger partial charge in [-0.2, -0.15) is 0 Å². The molecule has 2 aliphatic rings. The van der Waals surface area contributed by atoms with Crippen LogP contribution < -0.4 is 0 Å². The number of hydrogen-bond donors (Lipinski definition) is 0. The van der Waals surface area contributed by atoms with Crippen molar-refractivity contribution in [3.8, 4) is 0 Å². The lowest BCUT2D eigenvalue weighted by Crippen LogP contribution is -2.25. The van der Waals surface area contributed by atoms with E-state index in [-0.39, 0.29) is 0 Å². The number of hydrogen-bond acceptors (Lipinski definition) is 2. The highest BCUT2D eigenvalue weighted by Crippen LogP contribution is 2.40. The van der Waals surface area contributed by atoms with Crippen LogP contribution in [0.2, 0.25) is 0 Å². The standard InChI is InChI=1S/C24H42O2/c1-2-3-4-5-6-15-23(25)16-10-17-24(26)22-14-9-13-20-11-7-8-12-21(20)18-19-22/h20-22H,2-19H2,1H3. The monoisotopic (exact) mass is 362 g/mol. The normalized spacial score (nSPS) is 26.6. The largest absolute Gasteiger partial charge is 0.300 e. The third-order valence-electron chi connectivity index (χ3n) is 6.97. The quantitative estimate of drug-likeness (QED) is 0.369. The number of ketones is 2. The summed E-state index contributed by atoms with van der Waals surface area (Å²) in [4.78, 5) is 24.6. The van der Waals surface area contributed by atoms with Crippen LogP contribution in [-0.2, 0) is 9.59 Å². The van der Waals surface area contributed by atoms with E-state index in [0.29, 0.717) is 30.3 Å². The lowest BCUT2D eigenvalue weighted by Gasteiger charge is -2.35. The fraction of sp³-hybridized carbons (Fsp3) is 0.917. The topological polar surface area (TPSA) is 34.1 Å². The van der Waals surface area contributed by atoms with Crippen molar-refractivity contribution < 1.29 is 9.59 Å². The smallest absolute Gasteiger partial charge is 0.135 e. The summed E-state index contributed by atoms with van der Waals surface area (Å²) in [6.45, 7) is 2.21. The van der Waals surface area contributed by atoms with Crippen LogP contribution >= 0.6 is 0 Å². The molecule has 150 valence electrons. The number of unbranched alkanes of at least 4 members (excludes halogenated alkanes) is 4. The molecule has 0 aromatic carbocycles. The fourth-order valence-corrected chi connectivity index (χ4v) is 5.27. The highest BCUT2D eigenvalue weighted by atomic mass is 16.1. The van der Waals surface area contributed by atoms with Crippen LogP contribution in [0.15, 0.2) is 0 Å².